The van der Waals surface area contributed by atoms with Crippen LogP contribution in [0.15, 0.2) is 30.5 Å². The van der Waals surface area contributed by atoms with Crippen molar-refractivity contribution in [1.29, 1.82) is 0 Å². The van der Waals surface area contributed by atoms with E-state index < -0.39 is 0 Å². The molecule has 0 aliphatic heterocycles. The van der Waals surface area contributed by atoms with Crippen molar-refractivity contribution in [3.63, 3.8) is 0 Å². The molecule has 1 aromatic heterocycles. The summed E-state index contributed by atoms with van der Waals surface area (Å²) in [5.41, 5.74) is 7.16. The highest BCUT2D eigenvalue weighted by molar-refractivity contribution is 6.43. The SMILES string of the molecule is COc1cc(CNC(=O)c2cc(N)c(Cl)c(Cl)c2)ccn1. The summed E-state index contributed by atoms with van der Waals surface area (Å²) in [4.78, 5) is 16.1. The van der Waals surface area contributed by atoms with E-state index >= 15 is 0 Å². The Morgan fingerprint density at radius 3 is 2.81 bits per heavy atom. The van der Waals surface area contributed by atoms with Crippen LogP contribution in [0.2, 0.25) is 10.0 Å². The minimum atomic E-state index is -0.295. The number of anilines is 1. The van der Waals surface area contributed by atoms with Gasteiger partial charge in [-0.05, 0) is 23.8 Å². The second kappa shape index (κ2) is 6.65. The highest BCUT2D eigenvalue weighted by Gasteiger charge is 2.11. The van der Waals surface area contributed by atoms with Crippen molar-refractivity contribution in [2.45, 2.75) is 6.54 Å². The van der Waals surface area contributed by atoms with E-state index in [1.807, 2.05) is 0 Å². The van der Waals surface area contributed by atoms with Gasteiger partial charge in [-0.25, -0.2) is 4.98 Å². The topological polar surface area (TPSA) is 77.2 Å². The minimum Gasteiger partial charge on any atom is -0.481 e. The first-order valence-corrected chi connectivity index (χ1v) is 6.78. The average molecular weight is 326 g/mol. The predicted molar refractivity (Wildman–Crippen MR) is 82.8 cm³/mol. The molecule has 3 N–H and O–H groups in total. The van der Waals surface area contributed by atoms with Crippen molar-refractivity contribution in [1.82, 2.24) is 10.3 Å². The number of nitrogen functional groups attached to an aromatic ring is 1. The van der Waals surface area contributed by atoms with Gasteiger partial charge in [0, 0.05) is 24.4 Å². The van der Waals surface area contributed by atoms with Gasteiger partial charge >= 0.3 is 0 Å². The van der Waals surface area contributed by atoms with Crippen LogP contribution in [0.5, 0.6) is 5.88 Å². The Balaban J connectivity index is 2.08. The Morgan fingerprint density at radius 1 is 1.38 bits per heavy atom. The molecule has 0 radical (unpaired) electrons. The molecule has 0 aliphatic carbocycles. The lowest BCUT2D eigenvalue weighted by Gasteiger charge is -2.08. The summed E-state index contributed by atoms with van der Waals surface area (Å²) in [6.07, 6.45) is 1.61. The average Bonchev–Trinajstić information content (AvgIpc) is 2.50. The van der Waals surface area contributed by atoms with E-state index in [1.54, 1.807) is 18.3 Å². The minimum absolute atomic E-state index is 0.243. The molecule has 0 atom stereocenters. The number of nitrogens with zero attached hydrogens (tertiary/aromatic N) is 1. The lowest BCUT2D eigenvalue weighted by molar-refractivity contribution is 0.0951. The molecule has 110 valence electrons. The van der Waals surface area contributed by atoms with Crippen LogP contribution in [-0.4, -0.2) is 18.0 Å². The molecule has 0 fully saturated rings. The largest absolute Gasteiger partial charge is 0.481 e. The van der Waals surface area contributed by atoms with E-state index in [4.69, 9.17) is 33.7 Å². The molecule has 0 aliphatic rings. The smallest absolute Gasteiger partial charge is 0.251 e. The molecule has 0 spiro atoms. The number of carbonyl (C=O) groups excluding carboxylic acids is 1. The van der Waals surface area contributed by atoms with Crippen molar-refractivity contribution in [3.05, 3.63) is 51.6 Å². The molecule has 21 heavy (non-hydrogen) atoms. The summed E-state index contributed by atoms with van der Waals surface area (Å²) < 4.78 is 5.02. The van der Waals surface area contributed by atoms with Crippen molar-refractivity contribution < 1.29 is 9.53 Å². The van der Waals surface area contributed by atoms with Gasteiger partial charge in [0.05, 0.1) is 22.8 Å². The maximum atomic E-state index is 12.1. The summed E-state index contributed by atoms with van der Waals surface area (Å²) in [6.45, 7) is 0.331. The first-order chi connectivity index (χ1) is 10.0. The molecule has 0 bridgehead atoms. The molecule has 2 rings (SSSR count). The van der Waals surface area contributed by atoms with Gasteiger partial charge in [-0.3, -0.25) is 4.79 Å². The van der Waals surface area contributed by atoms with Crippen molar-refractivity contribution >= 4 is 34.8 Å². The first kappa shape index (κ1) is 15.4. The second-order valence-corrected chi connectivity index (χ2v) is 5.04. The number of halogens is 2. The second-order valence-electron chi connectivity index (χ2n) is 4.25. The summed E-state index contributed by atoms with van der Waals surface area (Å²) in [6, 6.07) is 6.48. The number of ether oxygens (including phenoxy) is 1. The predicted octanol–water partition coefficient (Wildman–Crippen LogP) is 2.91. The number of nitrogens with one attached hydrogen (secondary N) is 1. The Labute approximate surface area is 132 Å². The Morgan fingerprint density at radius 2 is 2.14 bits per heavy atom. The van der Waals surface area contributed by atoms with E-state index in [2.05, 4.69) is 10.3 Å². The van der Waals surface area contributed by atoms with Crippen LogP contribution in [0.1, 0.15) is 15.9 Å². The van der Waals surface area contributed by atoms with Gasteiger partial charge < -0.3 is 15.8 Å². The fourth-order valence-electron chi connectivity index (χ4n) is 1.70. The van der Waals surface area contributed by atoms with Crippen LogP contribution in [-0.2, 0) is 6.54 Å². The van der Waals surface area contributed by atoms with E-state index in [9.17, 15) is 4.79 Å². The summed E-state index contributed by atoms with van der Waals surface area (Å²) in [7, 11) is 1.53. The van der Waals surface area contributed by atoms with Crippen molar-refractivity contribution in [2.24, 2.45) is 0 Å². The van der Waals surface area contributed by atoms with Gasteiger partial charge in [0.25, 0.3) is 5.91 Å². The number of rotatable bonds is 4. The van der Waals surface area contributed by atoms with Gasteiger partial charge in [0.15, 0.2) is 0 Å². The third-order valence-corrected chi connectivity index (χ3v) is 3.60. The van der Waals surface area contributed by atoms with Crippen molar-refractivity contribution in [3.8, 4) is 5.88 Å². The lowest BCUT2D eigenvalue weighted by Crippen LogP contribution is -2.23. The van der Waals surface area contributed by atoms with Crippen LogP contribution in [0.4, 0.5) is 5.69 Å². The van der Waals surface area contributed by atoms with Crippen LogP contribution in [0.3, 0.4) is 0 Å². The van der Waals surface area contributed by atoms with E-state index in [0.29, 0.717) is 18.0 Å². The Hall–Kier alpha value is -1.98. The van der Waals surface area contributed by atoms with Gasteiger partial charge in [0.2, 0.25) is 5.88 Å². The number of pyridine rings is 1. The number of benzene rings is 1. The Kier molecular flexibility index (Phi) is 4.88. The van der Waals surface area contributed by atoms with E-state index in [0.717, 1.165) is 5.56 Å². The molecule has 7 heteroatoms. The molecule has 0 saturated heterocycles. The van der Waals surface area contributed by atoms with E-state index in [1.165, 1.54) is 19.2 Å². The zero-order valence-electron chi connectivity index (χ0n) is 11.2. The lowest BCUT2D eigenvalue weighted by atomic mass is 10.2. The molecule has 0 saturated carbocycles. The fourth-order valence-corrected chi connectivity index (χ4v) is 2.03. The summed E-state index contributed by atoms with van der Waals surface area (Å²) >= 11 is 11.8. The van der Waals surface area contributed by atoms with Gasteiger partial charge in [-0.15, -0.1) is 0 Å². The zero-order valence-corrected chi connectivity index (χ0v) is 12.7. The third kappa shape index (κ3) is 3.77. The normalized spacial score (nSPS) is 10.2. The molecule has 1 aromatic carbocycles. The summed E-state index contributed by atoms with van der Waals surface area (Å²) in [5, 5.41) is 3.25. The zero-order chi connectivity index (χ0) is 15.4. The van der Waals surface area contributed by atoms with Gasteiger partial charge in [-0.2, -0.15) is 0 Å². The number of hydrogen-bond acceptors (Lipinski definition) is 4. The van der Waals surface area contributed by atoms with Gasteiger partial charge in [0.1, 0.15) is 0 Å². The molecule has 0 unspecified atom stereocenters. The molecule has 1 amide bonds. The maximum absolute atomic E-state index is 12.1. The maximum Gasteiger partial charge on any atom is 0.251 e. The Bertz CT molecular complexity index is 654. The highest BCUT2D eigenvalue weighted by Crippen LogP contribution is 2.29. The third-order valence-electron chi connectivity index (χ3n) is 2.78. The quantitative estimate of drug-likeness (QED) is 0.847. The number of nitrogens with two attached hydrogens (primary N) is 1. The van der Waals surface area contributed by atoms with E-state index in [-0.39, 0.29) is 21.6 Å². The van der Waals surface area contributed by atoms with Crippen LogP contribution in [0, 0.1) is 0 Å². The highest BCUT2D eigenvalue weighted by atomic mass is 35.5. The molecule has 1 heterocycles. The number of hydrogen-bond donors (Lipinski definition) is 2. The number of aromatic nitrogens is 1. The van der Waals surface area contributed by atoms with Crippen molar-refractivity contribution in [2.75, 3.05) is 12.8 Å². The summed E-state index contributed by atoms with van der Waals surface area (Å²) in [5.74, 6) is 0.191. The van der Waals surface area contributed by atoms with Crippen LogP contribution >= 0.6 is 23.2 Å². The van der Waals surface area contributed by atoms with Gasteiger partial charge in [-0.1, -0.05) is 23.2 Å². The molecule has 5 nitrogen and oxygen atoms in total. The monoisotopic (exact) mass is 325 g/mol. The molecular weight excluding hydrogens is 313 g/mol. The molecular formula is C14H13Cl2N3O2. The fraction of sp³-hybridized carbons (Fsp3) is 0.143. The number of methoxy groups -OCH3 is 1. The van der Waals surface area contributed by atoms with Crippen LogP contribution < -0.4 is 15.8 Å². The standard InChI is InChI=1S/C14H13Cl2N3O2/c1-21-12-4-8(2-3-18-12)7-19-14(20)9-5-10(15)13(16)11(17)6-9/h2-6H,7,17H2,1H3,(H,19,20). The van der Waals surface area contributed by atoms with Crippen LogP contribution in [0.25, 0.3) is 0 Å². The molecule has 2 aromatic rings. The number of amides is 1. The first-order valence-electron chi connectivity index (χ1n) is 6.03. The number of carbonyl (C=O) groups is 1.